The summed E-state index contributed by atoms with van der Waals surface area (Å²) in [5, 5.41) is 24.4. The van der Waals surface area contributed by atoms with Crippen molar-refractivity contribution in [2.24, 2.45) is 0 Å². The second-order valence-electron chi connectivity index (χ2n) is 6.49. The van der Waals surface area contributed by atoms with Crippen molar-refractivity contribution >= 4 is 17.1 Å². The third kappa shape index (κ3) is 4.19. The van der Waals surface area contributed by atoms with Gasteiger partial charge in [-0.2, -0.15) is 0 Å². The highest BCUT2D eigenvalue weighted by Gasteiger charge is 2.23. The van der Waals surface area contributed by atoms with Gasteiger partial charge in [0.2, 0.25) is 5.78 Å². The molecule has 124 valence electrons. The lowest BCUT2D eigenvalue weighted by Gasteiger charge is -2.23. The van der Waals surface area contributed by atoms with E-state index in [0.29, 0.717) is 29.1 Å². The van der Waals surface area contributed by atoms with Gasteiger partial charge in [-0.1, -0.05) is 26.8 Å². The third-order valence-electron chi connectivity index (χ3n) is 3.61. The van der Waals surface area contributed by atoms with Crippen LogP contribution in [0.5, 0.6) is 5.75 Å². The van der Waals surface area contributed by atoms with Crippen LogP contribution in [0.15, 0.2) is 29.6 Å². The Bertz CT molecular complexity index is 672. The maximum Gasteiger partial charge on any atom is 0.202 e. The van der Waals surface area contributed by atoms with Gasteiger partial charge in [-0.05, 0) is 29.0 Å². The van der Waals surface area contributed by atoms with Gasteiger partial charge in [0, 0.05) is 29.8 Å². The van der Waals surface area contributed by atoms with Gasteiger partial charge in [0.1, 0.15) is 5.75 Å². The van der Waals surface area contributed by atoms with Gasteiger partial charge >= 0.3 is 0 Å². The van der Waals surface area contributed by atoms with E-state index in [2.05, 4.69) is 5.32 Å². The number of ketones is 1. The first-order valence-corrected chi connectivity index (χ1v) is 8.48. The summed E-state index contributed by atoms with van der Waals surface area (Å²) < 4.78 is 0. The monoisotopic (exact) mass is 333 g/mol. The fourth-order valence-corrected chi connectivity index (χ4v) is 3.07. The van der Waals surface area contributed by atoms with Crippen LogP contribution in [0, 0.1) is 0 Å². The van der Waals surface area contributed by atoms with Crippen molar-refractivity contribution in [1.82, 2.24) is 5.32 Å². The lowest BCUT2D eigenvalue weighted by molar-refractivity contribution is 0.104. The molecule has 0 aliphatic carbocycles. The Morgan fingerprint density at radius 2 is 2.04 bits per heavy atom. The zero-order valence-corrected chi connectivity index (χ0v) is 14.5. The number of phenolic OH excluding ortho intramolecular Hbond substituents is 1. The second-order valence-corrected chi connectivity index (χ2v) is 7.44. The van der Waals surface area contributed by atoms with Crippen LogP contribution in [0.1, 0.15) is 47.1 Å². The molecule has 0 fully saturated rings. The lowest BCUT2D eigenvalue weighted by Crippen LogP contribution is -2.20. The average molecular weight is 333 g/mol. The van der Waals surface area contributed by atoms with Crippen molar-refractivity contribution in [3.8, 4) is 5.75 Å². The molecule has 0 amide bonds. The Morgan fingerprint density at radius 3 is 2.61 bits per heavy atom. The summed E-state index contributed by atoms with van der Waals surface area (Å²) in [6.45, 7) is 6.89. The maximum atomic E-state index is 12.6. The highest BCUT2D eigenvalue weighted by Crippen LogP contribution is 2.35. The van der Waals surface area contributed by atoms with Crippen LogP contribution in [-0.2, 0) is 12.0 Å². The van der Waals surface area contributed by atoms with Gasteiger partial charge in [0.15, 0.2) is 0 Å². The van der Waals surface area contributed by atoms with E-state index in [1.54, 1.807) is 18.2 Å². The van der Waals surface area contributed by atoms with E-state index < -0.39 is 0 Å². The number of hydrogen-bond donors (Lipinski definition) is 3. The Balaban J connectivity index is 2.46. The van der Waals surface area contributed by atoms with Crippen LogP contribution in [0.2, 0.25) is 0 Å². The van der Waals surface area contributed by atoms with Crippen LogP contribution < -0.4 is 5.32 Å². The second kappa shape index (κ2) is 7.25. The topological polar surface area (TPSA) is 69.6 Å². The van der Waals surface area contributed by atoms with Crippen LogP contribution >= 0.6 is 11.3 Å². The molecule has 1 heterocycles. The number of aliphatic hydroxyl groups excluding tert-OH is 1. The largest absolute Gasteiger partial charge is 0.507 e. The molecule has 0 atom stereocenters. The molecular formula is C18H23NO3S. The summed E-state index contributed by atoms with van der Waals surface area (Å²) >= 11 is 1.41. The molecule has 4 nitrogen and oxygen atoms in total. The van der Waals surface area contributed by atoms with Crippen molar-refractivity contribution < 1.29 is 15.0 Å². The number of aromatic hydroxyl groups is 1. The van der Waals surface area contributed by atoms with Crippen molar-refractivity contribution in [1.29, 1.82) is 0 Å². The Hall–Kier alpha value is -1.69. The fourth-order valence-electron chi connectivity index (χ4n) is 2.38. The number of phenols is 1. The van der Waals surface area contributed by atoms with Crippen molar-refractivity contribution in [3.05, 3.63) is 51.2 Å². The number of aliphatic hydroxyl groups is 1. The number of carbonyl (C=O) groups is 1. The summed E-state index contributed by atoms with van der Waals surface area (Å²) in [6.07, 6.45) is 0. The SMILES string of the molecule is CC(C)(C)c1cc(C(=O)c2cccs2)cc(CNCCO)c1O. The molecule has 5 heteroatoms. The van der Waals surface area contributed by atoms with Crippen molar-refractivity contribution in [3.63, 3.8) is 0 Å². The Kier molecular flexibility index (Phi) is 5.57. The van der Waals surface area contributed by atoms with E-state index in [4.69, 9.17) is 5.11 Å². The smallest absolute Gasteiger partial charge is 0.202 e. The number of rotatable bonds is 6. The molecule has 2 aromatic rings. The standard InChI is InChI=1S/C18H23NO3S/c1-18(2,3)14-10-12(17(22)15-5-4-8-23-15)9-13(16(14)21)11-19-6-7-20/h4-5,8-10,19-21H,6-7,11H2,1-3H3. The Labute approximate surface area is 140 Å². The normalized spacial score (nSPS) is 11.7. The van der Waals surface area contributed by atoms with Crippen LogP contribution in [0.3, 0.4) is 0 Å². The molecule has 3 N–H and O–H groups in total. The van der Waals surface area contributed by atoms with Crippen LogP contribution in [0.25, 0.3) is 0 Å². The predicted octanol–water partition coefficient (Wildman–Crippen LogP) is 3.06. The zero-order chi connectivity index (χ0) is 17.0. The van der Waals surface area contributed by atoms with Gasteiger partial charge in [-0.3, -0.25) is 4.79 Å². The minimum Gasteiger partial charge on any atom is -0.507 e. The highest BCUT2D eigenvalue weighted by atomic mass is 32.1. The lowest BCUT2D eigenvalue weighted by atomic mass is 9.83. The first kappa shape index (κ1) is 17.7. The zero-order valence-electron chi connectivity index (χ0n) is 13.7. The summed E-state index contributed by atoms with van der Waals surface area (Å²) in [6, 6.07) is 7.18. The average Bonchev–Trinajstić information content (AvgIpc) is 3.01. The molecule has 0 unspecified atom stereocenters. The van der Waals surface area contributed by atoms with Gasteiger partial charge < -0.3 is 15.5 Å². The molecule has 0 saturated heterocycles. The highest BCUT2D eigenvalue weighted by molar-refractivity contribution is 7.12. The summed E-state index contributed by atoms with van der Waals surface area (Å²) in [5.74, 6) is 0.180. The summed E-state index contributed by atoms with van der Waals surface area (Å²) in [4.78, 5) is 13.3. The van der Waals surface area contributed by atoms with Crippen LogP contribution in [0.4, 0.5) is 0 Å². The summed E-state index contributed by atoms with van der Waals surface area (Å²) in [5.41, 5.74) is 1.73. The van der Waals surface area contributed by atoms with E-state index in [-0.39, 0.29) is 23.6 Å². The maximum absolute atomic E-state index is 12.6. The molecule has 0 bridgehead atoms. The van der Waals surface area contributed by atoms with E-state index in [1.165, 1.54) is 11.3 Å². The molecule has 0 radical (unpaired) electrons. The number of thiophene rings is 1. The number of carbonyl (C=O) groups excluding carboxylic acids is 1. The first-order chi connectivity index (χ1) is 10.8. The quantitative estimate of drug-likeness (QED) is 0.561. The molecule has 1 aromatic heterocycles. The third-order valence-corrected chi connectivity index (χ3v) is 4.48. The van der Waals surface area contributed by atoms with Gasteiger partial charge in [0.25, 0.3) is 0 Å². The van der Waals surface area contributed by atoms with Gasteiger partial charge in [-0.15, -0.1) is 11.3 Å². The number of hydrogen-bond acceptors (Lipinski definition) is 5. The number of nitrogens with one attached hydrogen (secondary N) is 1. The van der Waals surface area contributed by atoms with E-state index in [1.807, 2.05) is 32.2 Å². The Morgan fingerprint density at radius 1 is 1.30 bits per heavy atom. The molecule has 1 aromatic carbocycles. The molecule has 23 heavy (non-hydrogen) atoms. The van der Waals surface area contributed by atoms with Crippen LogP contribution in [-0.4, -0.2) is 29.1 Å². The number of benzene rings is 1. The van der Waals surface area contributed by atoms with E-state index in [0.717, 1.165) is 5.56 Å². The van der Waals surface area contributed by atoms with Crippen molar-refractivity contribution in [2.45, 2.75) is 32.7 Å². The van der Waals surface area contributed by atoms with Gasteiger partial charge in [-0.25, -0.2) is 0 Å². The molecule has 0 aliphatic rings. The fraction of sp³-hybridized carbons (Fsp3) is 0.389. The van der Waals surface area contributed by atoms with Gasteiger partial charge in [0.05, 0.1) is 11.5 Å². The molecule has 0 spiro atoms. The first-order valence-electron chi connectivity index (χ1n) is 7.60. The molecule has 0 saturated carbocycles. The minimum absolute atomic E-state index is 0.0285. The van der Waals surface area contributed by atoms with E-state index >= 15 is 0 Å². The van der Waals surface area contributed by atoms with E-state index in [9.17, 15) is 9.90 Å². The van der Waals surface area contributed by atoms with Crippen molar-refractivity contribution in [2.75, 3.05) is 13.2 Å². The predicted molar refractivity (Wildman–Crippen MR) is 93.4 cm³/mol. The molecule has 0 aliphatic heterocycles. The molecular weight excluding hydrogens is 310 g/mol. The minimum atomic E-state index is -0.276. The molecule has 2 rings (SSSR count). The summed E-state index contributed by atoms with van der Waals surface area (Å²) in [7, 11) is 0.